The summed E-state index contributed by atoms with van der Waals surface area (Å²) >= 11 is 0. The molecule has 1 unspecified atom stereocenters. The molecule has 1 saturated heterocycles. The lowest BCUT2D eigenvalue weighted by molar-refractivity contribution is -0.129. The number of aliphatic hydroxyl groups excluding tert-OH is 1. The maximum absolute atomic E-state index is 12.2. The molecule has 0 aromatic heterocycles. The Labute approximate surface area is 147 Å². The number of nitrogens with one attached hydrogen (secondary N) is 1. The summed E-state index contributed by atoms with van der Waals surface area (Å²) in [7, 11) is 0. The first-order valence-electron chi connectivity index (χ1n) is 8.49. The molecule has 1 aliphatic heterocycles. The van der Waals surface area contributed by atoms with Crippen molar-refractivity contribution in [2.45, 2.75) is 6.42 Å². The minimum Gasteiger partial charge on any atom is -0.396 e. The third-order valence-corrected chi connectivity index (χ3v) is 4.55. The van der Waals surface area contributed by atoms with E-state index in [0.29, 0.717) is 18.7 Å². The summed E-state index contributed by atoms with van der Waals surface area (Å²) in [6.45, 7) is 1.30. The quantitative estimate of drug-likeness (QED) is 0.875. The van der Waals surface area contributed by atoms with E-state index >= 15 is 0 Å². The van der Waals surface area contributed by atoms with E-state index in [4.69, 9.17) is 5.11 Å². The molecular weight excluding hydrogens is 316 g/mol. The van der Waals surface area contributed by atoms with Crippen molar-refractivity contribution in [2.75, 3.05) is 26.2 Å². The molecule has 1 aliphatic rings. The lowest BCUT2D eigenvalue weighted by Gasteiger charge is -2.16. The largest absolute Gasteiger partial charge is 0.396 e. The molecule has 0 spiro atoms. The Hall–Kier alpha value is -2.66. The minimum absolute atomic E-state index is 0.0164. The molecule has 1 atom stereocenters. The van der Waals surface area contributed by atoms with E-state index < -0.39 is 0 Å². The minimum atomic E-state index is -0.258. The number of hydrogen-bond donors (Lipinski definition) is 2. The smallest absolute Gasteiger partial charge is 0.251 e. The van der Waals surface area contributed by atoms with Crippen molar-refractivity contribution in [1.29, 1.82) is 0 Å². The van der Waals surface area contributed by atoms with E-state index in [9.17, 15) is 9.59 Å². The van der Waals surface area contributed by atoms with Crippen LogP contribution in [0.25, 0.3) is 11.1 Å². The van der Waals surface area contributed by atoms with Gasteiger partial charge in [-0.2, -0.15) is 0 Å². The second-order valence-corrected chi connectivity index (χ2v) is 6.30. The fraction of sp³-hybridized carbons (Fsp3) is 0.300. The third-order valence-electron chi connectivity index (χ3n) is 4.55. The Kier molecular flexibility index (Phi) is 5.46. The van der Waals surface area contributed by atoms with Crippen LogP contribution in [0.1, 0.15) is 16.8 Å². The summed E-state index contributed by atoms with van der Waals surface area (Å²) in [4.78, 5) is 26.0. The number of aliphatic hydroxyl groups is 1. The SMILES string of the molecule is O=C(NCC(=O)N1CCC(CO)C1)c1ccc(-c2ccccc2)cc1. The topological polar surface area (TPSA) is 69.6 Å². The van der Waals surface area contributed by atoms with Gasteiger partial charge in [0.15, 0.2) is 0 Å². The summed E-state index contributed by atoms with van der Waals surface area (Å²) < 4.78 is 0. The zero-order chi connectivity index (χ0) is 17.6. The van der Waals surface area contributed by atoms with Crippen LogP contribution < -0.4 is 5.32 Å². The zero-order valence-corrected chi connectivity index (χ0v) is 14.0. The van der Waals surface area contributed by atoms with E-state index in [1.807, 2.05) is 42.5 Å². The predicted octanol–water partition coefficient (Wildman–Crippen LogP) is 1.92. The fourth-order valence-electron chi connectivity index (χ4n) is 3.02. The van der Waals surface area contributed by atoms with E-state index in [1.165, 1.54) is 0 Å². The van der Waals surface area contributed by atoms with Crippen molar-refractivity contribution >= 4 is 11.8 Å². The maximum Gasteiger partial charge on any atom is 0.251 e. The second-order valence-electron chi connectivity index (χ2n) is 6.30. The molecule has 0 radical (unpaired) electrons. The average Bonchev–Trinajstić information content (AvgIpc) is 3.16. The molecule has 0 bridgehead atoms. The van der Waals surface area contributed by atoms with E-state index in [0.717, 1.165) is 17.5 Å². The van der Waals surface area contributed by atoms with Crippen LogP contribution in [0.15, 0.2) is 54.6 Å². The molecule has 5 nitrogen and oxygen atoms in total. The van der Waals surface area contributed by atoms with Crippen LogP contribution in [0, 0.1) is 5.92 Å². The standard InChI is InChI=1S/C20H22N2O3/c23-14-15-10-11-22(13-15)19(24)12-21-20(25)18-8-6-17(7-9-18)16-4-2-1-3-5-16/h1-9,15,23H,10-14H2,(H,21,25). The Morgan fingerprint density at radius 1 is 1.04 bits per heavy atom. The van der Waals surface area contributed by atoms with Crippen LogP contribution in [0.4, 0.5) is 0 Å². The van der Waals surface area contributed by atoms with Crippen LogP contribution >= 0.6 is 0 Å². The Morgan fingerprint density at radius 2 is 1.72 bits per heavy atom. The van der Waals surface area contributed by atoms with Gasteiger partial charge in [-0.3, -0.25) is 9.59 Å². The first kappa shape index (κ1) is 17.2. The Morgan fingerprint density at radius 3 is 2.36 bits per heavy atom. The summed E-state index contributed by atoms with van der Waals surface area (Å²) in [6.07, 6.45) is 0.817. The van der Waals surface area contributed by atoms with Gasteiger partial charge in [-0.25, -0.2) is 0 Å². The van der Waals surface area contributed by atoms with Crippen LogP contribution in [-0.2, 0) is 4.79 Å². The molecule has 2 N–H and O–H groups in total. The van der Waals surface area contributed by atoms with Gasteiger partial charge in [0.05, 0.1) is 6.54 Å². The van der Waals surface area contributed by atoms with Gasteiger partial charge in [0.2, 0.25) is 5.91 Å². The third kappa shape index (κ3) is 4.25. The monoisotopic (exact) mass is 338 g/mol. The molecule has 3 rings (SSSR count). The molecule has 2 aromatic rings. The maximum atomic E-state index is 12.2. The average molecular weight is 338 g/mol. The van der Waals surface area contributed by atoms with E-state index in [2.05, 4.69) is 5.32 Å². The first-order chi connectivity index (χ1) is 12.2. The predicted molar refractivity (Wildman–Crippen MR) is 96.0 cm³/mol. The van der Waals surface area contributed by atoms with Crippen molar-refractivity contribution in [3.05, 3.63) is 60.2 Å². The van der Waals surface area contributed by atoms with Gasteiger partial charge in [-0.05, 0) is 29.7 Å². The van der Waals surface area contributed by atoms with Gasteiger partial charge < -0.3 is 15.3 Å². The molecule has 0 aliphatic carbocycles. The van der Waals surface area contributed by atoms with Crippen LogP contribution in [0.5, 0.6) is 0 Å². The highest BCUT2D eigenvalue weighted by molar-refractivity contribution is 5.96. The number of amides is 2. The number of benzene rings is 2. The number of nitrogens with zero attached hydrogens (tertiary/aromatic N) is 1. The zero-order valence-electron chi connectivity index (χ0n) is 14.0. The number of carbonyl (C=O) groups excluding carboxylic acids is 2. The van der Waals surface area contributed by atoms with Crippen LogP contribution in [0.2, 0.25) is 0 Å². The van der Waals surface area contributed by atoms with Gasteiger partial charge in [-0.15, -0.1) is 0 Å². The Bertz CT molecular complexity index is 728. The van der Waals surface area contributed by atoms with Crippen molar-refractivity contribution in [2.24, 2.45) is 5.92 Å². The van der Waals surface area contributed by atoms with E-state index in [-0.39, 0.29) is 30.9 Å². The van der Waals surface area contributed by atoms with Gasteiger partial charge in [-0.1, -0.05) is 42.5 Å². The Balaban J connectivity index is 1.54. The summed E-state index contributed by atoms with van der Waals surface area (Å²) in [5.74, 6) is -0.207. The molecule has 1 fully saturated rings. The molecule has 2 aromatic carbocycles. The van der Waals surface area contributed by atoms with Crippen LogP contribution in [0.3, 0.4) is 0 Å². The number of hydrogen-bond acceptors (Lipinski definition) is 3. The number of rotatable bonds is 5. The molecule has 5 heteroatoms. The second kappa shape index (κ2) is 7.94. The number of likely N-dealkylation sites (tertiary alicyclic amines) is 1. The summed E-state index contributed by atoms with van der Waals surface area (Å²) in [6, 6.07) is 17.3. The van der Waals surface area contributed by atoms with E-state index in [1.54, 1.807) is 17.0 Å². The van der Waals surface area contributed by atoms with Crippen molar-refractivity contribution in [3.63, 3.8) is 0 Å². The van der Waals surface area contributed by atoms with Gasteiger partial charge in [0.25, 0.3) is 5.91 Å². The molecule has 0 saturated carbocycles. The highest BCUT2D eigenvalue weighted by Crippen LogP contribution is 2.19. The highest BCUT2D eigenvalue weighted by atomic mass is 16.3. The molecule has 2 amide bonds. The first-order valence-corrected chi connectivity index (χ1v) is 8.49. The van der Waals surface area contributed by atoms with Crippen molar-refractivity contribution < 1.29 is 14.7 Å². The normalized spacial score (nSPS) is 16.7. The lowest BCUT2D eigenvalue weighted by Crippen LogP contribution is -2.39. The molecule has 25 heavy (non-hydrogen) atoms. The molecular formula is C20H22N2O3. The summed E-state index contributed by atoms with van der Waals surface area (Å²) in [5, 5.41) is 11.8. The lowest BCUT2D eigenvalue weighted by atomic mass is 10.0. The van der Waals surface area contributed by atoms with Crippen molar-refractivity contribution in [3.8, 4) is 11.1 Å². The van der Waals surface area contributed by atoms with Gasteiger partial charge in [0, 0.05) is 31.2 Å². The fourth-order valence-corrected chi connectivity index (χ4v) is 3.02. The summed E-state index contributed by atoms with van der Waals surface area (Å²) in [5.41, 5.74) is 2.67. The molecule has 1 heterocycles. The van der Waals surface area contributed by atoms with Crippen LogP contribution in [-0.4, -0.2) is 48.1 Å². The van der Waals surface area contributed by atoms with Crippen molar-refractivity contribution in [1.82, 2.24) is 10.2 Å². The number of carbonyl (C=O) groups is 2. The molecule has 130 valence electrons. The highest BCUT2D eigenvalue weighted by Gasteiger charge is 2.25. The van der Waals surface area contributed by atoms with Gasteiger partial charge in [0.1, 0.15) is 0 Å². The van der Waals surface area contributed by atoms with Gasteiger partial charge >= 0.3 is 0 Å².